The van der Waals surface area contributed by atoms with E-state index in [1.54, 1.807) is 6.07 Å². The quantitative estimate of drug-likeness (QED) is 0.707. The molecule has 1 nitrogen and oxygen atoms in total. The molecule has 1 aromatic carbocycles. The molecule has 1 saturated carbocycles. The molecular formula is C10H12BrClFN. The van der Waals surface area contributed by atoms with Gasteiger partial charge in [0.2, 0.25) is 0 Å². The molecule has 0 aliphatic heterocycles. The fourth-order valence-electron chi connectivity index (χ4n) is 0.720. The van der Waals surface area contributed by atoms with Gasteiger partial charge >= 0.3 is 0 Å². The smallest absolute Gasteiger partial charge is 0.148 e. The Kier molecular flexibility index (Phi) is 4.20. The van der Waals surface area contributed by atoms with Crippen LogP contribution in [0.1, 0.15) is 19.8 Å². The maximum absolute atomic E-state index is 12.6. The van der Waals surface area contributed by atoms with Gasteiger partial charge in [-0.05, 0) is 34.0 Å². The van der Waals surface area contributed by atoms with Crippen LogP contribution in [0.2, 0.25) is 5.02 Å². The molecule has 0 saturated heterocycles. The van der Waals surface area contributed by atoms with Crippen LogP contribution in [-0.4, -0.2) is 0 Å². The summed E-state index contributed by atoms with van der Waals surface area (Å²) in [5.41, 5.74) is 5.36. The molecule has 0 spiro atoms. The third-order valence-electron chi connectivity index (χ3n) is 1.91. The third-order valence-corrected chi connectivity index (χ3v) is 2.78. The molecule has 14 heavy (non-hydrogen) atoms. The molecule has 4 heteroatoms. The van der Waals surface area contributed by atoms with Gasteiger partial charge in [-0.15, -0.1) is 0 Å². The number of halogens is 3. The van der Waals surface area contributed by atoms with E-state index in [4.69, 9.17) is 17.3 Å². The van der Waals surface area contributed by atoms with Crippen LogP contribution in [0.4, 0.5) is 10.1 Å². The first-order valence-corrected chi connectivity index (χ1v) is 5.58. The summed E-state index contributed by atoms with van der Waals surface area (Å²) in [6.07, 6.45) is 2.97. The van der Waals surface area contributed by atoms with Crippen molar-refractivity contribution in [2.75, 3.05) is 5.73 Å². The minimum Gasteiger partial charge on any atom is -0.395 e. The van der Waals surface area contributed by atoms with Crippen LogP contribution in [0.25, 0.3) is 0 Å². The highest BCUT2D eigenvalue weighted by Gasteiger charge is 2.12. The molecule has 2 N–H and O–H groups in total. The number of rotatable bonds is 0. The zero-order chi connectivity index (χ0) is 10.7. The Labute approximate surface area is 96.6 Å². The van der Waals surface area contributed by atoms with Crippen LogP contribution in [0.15, 0.2) is 16.6 Å². The van der Waals surface area contributed by atoms with Gasteiger partial charge in [-0.25, -0.2) is 4.39 Å². The van der Waals surface area contributed by atoms with E-state index in [0.29, 0.717) is 9.50 Å². The highest BCUT2D eigenvalue weighted by atomic mass is 79.9. The van der Waals surface area contributed by atoms with Crippen LogP contribution in [0.3, 0.4) is 0 Å². The monoisotopic (exact) mass is 279 g/mol. The van der Waals surface area contributed by atoms with Gasteiger partial charge in [-0.2, -0.15) is 0 Å². The first kappa shape index (κ1) is 11.8. The minimum absolute atomic E-state index is 0.0874. The fraction of sp³-hybridized carbons (Fsp3) is 0.400. The molecule has 0 amide bonds. The zero-order valence-electron chi connectivity index (χ0n) is 7.86. The van der Waals surface area contributed by atoms with Crippen molar-refractivity contribution in [3.63, 3.8) is 0 Å². The summed E-state index contributed by atoms with van der Waals surface area (Å²) in [6.45, 7) is 2.28. The lowest BCUT2D eigenvalue weighted by Crippen LogP contribution is -1.90. The Morgan fingerprint density at radius 3 is 2.36 bits per heavy atom. The molecule has 1 aliphatic rings. The number of anilines is 1. The van der Waals surface area contributed by atoms with Crippen LogP contribution < -0.4 is 5.73 Å². The number of nitrogens with two attached hydrogens (primary N) is 1. The van der Waals surface area contributed by atoms with Gasteiger partial charge in [-0.3, -0.25) is 0 Å². The predicted octanol–water partition coefficient (Wildman–Crippen LogP) is 4.24. The van der Waals surface area contributed by atoms with Crippen molar-refractivity contribution in [1.29, 1.82) is 0 Å². The van der Waals surface area contributed by atoms with E-state index in [0.717, 1.165) is 5.92 Å². The second kappa shape index (κ2) is 4.99. The Hall–Kier alpha value is -0.280. The van der Waals surface area contributed by atoms with E-state index in [2.05, 4.69) is 22.9 Å². The Morgan fingerprint density at radius 1 is 1.50 bits per heavy atom. The lowest BCUT2D eigenvalue weighted by atomic mass is 10.3. The van der Waals surface area contributed by atoms with E-state index in [-0.39, 0.29) is 5.69 Å². The molecule has 0 radical (unpaired) electrons. The topological polar surface area (TPSA) is 26.0 Å². The molecular weight excluding hydrogens is 268 g/mol. The lowest BCUT2D eigenvalue weighted by molar-refractivity contribution is 0.632. The molecule has 1 fully saturated rings. The molecule has 0 unspecified atom stereocenters. The van der Waals surface area contributed by atoms with E-state index in [1.165, 1.54) is 18.9 Å². The van der Waals surface area contributed by atoms with Gasteiger partial charge in [0.1, 0.15) is 5.82 Å². The van der Waals surface area contributed by atoms with E-state index >= 15 is 0 Å². The van der Waals surface area contributed by atoms with Crippen LogP contribution >= 0.6 is 27.5 Å². The predicted molar refractivity (Wildman–Crippen MR) is 61.9 cm³/mol. The second-order valence-corrected chi connectivity index (χ2v) is 4.76. The van der Waals surface area contributed by atoms with Crippen molar-refractivity contribution in [3.05, 3.63) is 27.4 Å². The standard InChI is InChI=1S/C6H4BrClFN.C4H8/c7-4-1-3(8)2-5(9)6(4)10;1-4-2-3-4/h1-2H,10H2;4H,2-3H2,1H3. The first-order valence-electron chi connectivity index (χ1n) is 4.40. The molecule has 0 atom stereocenters. The van der Waals surface area contributed by atoms with Crippen molar-refractivity contribution >= 4 is 33.2 Å². The van der Waals surface area contributed by atoms with E-state index in [1.807, 2.05) is 0 Å². The maximum atomic E-state index is 12.6. The van der Waals surface area contributed by atoms with Crippen molar-refractivity contribution in [2.45, 2.75) is 19.8 Å². The van der Waals surface area contributed by atoms with Crippen LogP contribution in [-0.2, 0) is 0 Å². The first-order chi connectivity index (χ1) is 6.50. The summed E-state index contributed by atoms with van der Waals surface area (Å²) in [7, 11) is 0. The van der Waals surface area contributed by atoms with Crippen LogP contribution in [0, 0.1) is 11.7 Å². The number of hydrogen-bond acceptors (Lipinski definition) is 1. The zero-order valence-corrected chi connectivity index (χ0v) is 10.2. The average Bonchev–Trinajstić information content (AvgIpc) is 2.84. The maximum Gasteiger partial charge on any atom is 0.148 e. The molecule has 0 aromatic heterocycles. The SMILES string of the molecule is CC1CC1.Nc1c(F)cc(Cl)cc1Br. The van der Waals surface area contributed by atoms with Crippen LogP contribution in [0.5, 0.6) is 0 Å². The van der Waals surface area contributed by atoms with Crippen molar-refractivity contribution in [2.24, 2.45) is 5.92 Å². The summed E-state index contributed by atoms with van der Waals surface area (Å²) in [6, 6.07) is 2.71. The van der Waals surface area contributed by atoms with Crippen molar-refractivity contribution in [3.8, 4) is 0 Å². The highest BCUT2D eigenvalue weighted by molar-refractivity contribution is 9.10. The molecule has 1 aliphatic carbocycles. The Balaban J connectivity index is 0.000000203. The van der Waals surface area contributed by atoms with Gasteiger partial charge in [0.25, 0.3) is 0 Å². The van der Waals surface area contributed by atoms with Crippen molar-refractivity contribution < 1.29 is 4.39 Å². The summed E-state index contributed by atoms with van der Waals surface area (Å²) in [5.74, 6) is 0.583. The molecule has 1 aromatic rings. The fourth-order valence-corrected chi connectivity index (χ4v) is 1.49. The van der Waals surface area contributed by atoms with Gasteiger partial charge in [0.05, 0.1) is 5.69 Å². The lowest BCUT2D eigenvalue weighted by Gasteiger charge is -1.98. The summed E-state index contributed by atoms with van der Waals surface area (Å²) < 4.78 is 13.1. The number of benzene rings is 1. The molecule has 0 bridgehead atoms. The number of hydrogen-bond donors (Lipinski definition) is 1. The van der Waals surface area contributed by atoms with Gasteiger partial charge in [0.15, 0.2) is 0 Å². The third kappa shape index (κ3) is 3.84. The Bertz CT molecular complexity index is 303. The van der Waals surface area contributed by atoms with Crippen molar-refractivity contribution in [1.82, 2.24) is 0 Å². The summed E-state index contributed by atoms with van der Waals surface area (Å²) >= 11 is 8.54. The van der Waals surface area contributed by atoms with E-state index in [9.17, 15) is 4.39 Å². The average molecular weight is 281 g/mol. The van der Waals surface area contributed by atoms with Gasteiger partial charge in [-0.1, -0.05) is 31.4 Å². The summed E-state index contributed by atoms with van der Waals surface area (Å²) in [5, 5.41) is 0.332. The normalized spacial score (nSPS) is 14.6. The van der Waals surface area contributed by atoms with Gasteiger partial charge < -0.3 is 5.73 Å². The number of nitrogen functional groups attached to an aromatic ring is 1. The molecule has 0 heterocycles. The minimum atomic E-state index is -0.501. The van der Waals surface area contributed by atoms with E-state index < -0.39 is 5.82 Å². The van der Waals surface area contributed by atoms with Gasteiger partial charge in [0, 0.05) is 9.50 Å². The second-order valence-electron chi connectivity index (χ2n) is 3.47. The summed E-state index contributed by atoms with van der Waals surface area (Å²) in [4.78, 5) is 0. The molecule has 2 rings (SSSR count). The largest absolute Gasteiger partial charge is 0.395 e. The Morgan fingerprint density at radius 2 is 2.00 bits per heavy atom. The molecule has 78 valence electrons. The highest BCUT2D eigenvalue weighted by Crippen LogP contribution is 2.27.